The number of halogens is 1. The highest BCUT2D eigenvalue weighted by atomic mass is 35.5. The van der Waals surface area contributed by atoms with E-state index in [-0.39, 0.29) is 21.2 Å². The van der Waals surface area contributed by atoms with Crippen molar-refractivity contribution >= 4 is 37.3 Å². The average molecular weight is 459 g/mol. The molecule has 1 saturated heterocycles. The molecule has 0 atom stereocenters. The SMILES string of the molecule is COc1ccc(NS(=O)(=O)c2ccc(C)c(Cl)c2)cc1S(=O)(=O)N1CCCCC1. The van der Waals surface area contributed by atoms with E-state index in [9.17, 15) is 16.8 Å². The van der Waals surface area contributed by atoms with Gasteiger partial charge < -0.3 is 4.74 Å². The first-order valence-corrected chi connectivity index (χ1v) is 12.4. The molecule has 0 spiro atoms. The summed E-state index contributed by atoms with van der Waals surface area (Å²) in [6.45, 7) is 2.64. The van der Waals surface area contributed by atoms with E-state index in [0.717, 1.165) is 24.8 Å². The normalized spacial score (nSPS) is 15.8. The maximum Gasteiger partial charge on any atom is 0.261 e. The van der Waals surface area contributed by atoms with Crippen LogP contribution >= 0.6 is 11.6 Å². The molecule has 1 N–H and O–H groups in total. The smallest absolute Gasteiger partial charge is 0.261 e. The van der Waals surface area contributed by atoms with Crippen molar-refractivity contribution in [3.05, 3.63) is 47.0 Å². The Bertz CT molecular complexity index is 1110. The number of rotatable bonds is 6. The number of hydrogen-bond acceptors (Lipinski definition) is 5. The van der Waals surface area contributed by atoms with Gasteiger partial charge in [-0.15, -0.1) is 0 Å². The number of methoxy groups -OCH3 is 1. The summed E-state index contributed by atoms with van der Waals surface area (Å²) in [5, 5.41) is 0.330. The Morgan fingerprint density at radius 2 is 1.69 bits per heavy atom. The first kappa shape index (κ1) is 21.9. The van der Waals surface area contributed by atoms with Crippen molar-refractivity contribution < 1.29 is 21.6 Å². The van der Waals surface area contributed by atoms with Crippen LogP contribution in [0.1, 0.15) is 24.8 Å². The van der Waals surface area contributed by atoms with Crippen LogP contribution in [0.2, 0.25) is 5.02 Å². The predicted molar refractivity (Wildman–Crippen MR) is 113 cm³/mol. The van der Waals surface area contributed by atoms with E-state index < -0.39 is 20.0 Å². The molecule has 0 radical (unpaired) electrons. The Balaban J connectivity index is 1.97. The van der Waals surface area contributed by atoms with Crippen LogP contribution in [-0.4, -0.2) is 41.3 Å². The van der Waals surface area contributed by atoms with Gasteiger partial charge >= 0.3 is 0 Å². The van der Waals surface area contributed by atoms with Gasteiger partial charge in [0.15, 0.2) is 0 Å². The van der Waals surface area contributed by atoms with Gasteiger partial charge in [0.1, 0.15) is 10.6 Å². The second-order valence-corrected chi connectivity index (χ2v) is 10.8. The van der Waals surface area contributed by atoms with Crippen LogP contribution in [-0.2, 0) is 20.0 Å². The van der Waals surface area contributed by atoms with Crippen molar-refractivity contribution in [2.75, 3.05) is 24.9 Å². The molecule has 0 saturated carbocycles. The van der Waals surface area contributed by atoms with E-state index in [0.29, 0.717) is 18.1 Å². The molecule has 10 heteroatoms. The fraction of sp³-hybridized carbons (Fsp3) is 0.368. The van der Waals surface area contributed by atoms with E-state index >= 15 is 0 Å². The summed E-state index contributed by atoms with van der Waals surface area (Å²) in [4.78, 5) is -0.0756. The van der Waals surface area contributed by atoms with Gasteiger partial charge in [-0.3, -0.25) is 4.72 Å². The maximum atomic E-state index is 13.1. The molecule has 0 amide bonds. The Morgan fingerprint density at radius 3 is 2.31 bits per heavy atom. The highest BCUT2D eigenvalue weighted by Gasteiger charge is 2.29. The zero-order valence-corrected chi connectivity index (χ0v) is 18.6. The van der Waals surface area contributed by atoms with Gasteiger partial charge in [-0.1, -0.05) is 24.1 Å². The average Bonchev–Trinajstić information content (AvgIpc) is 2.70. The number of nitrogens with one attached hydrogen (secondary N) is 1. The van der Waals surface area contributed by atoms with Crippen molar-refractivity contribution in [2.45, 2.75) is 36.0 Å². The number of piperidine rings is 1. The van der Waals surface area contributed by atoms with Gasteiger partial charge in [0.25, 0.3) is 10.0 Å². The molecule has 0 bridgehead atoms. The van der Waals surface area contributed by atoms with Crippen LogP contribution in [0.15, 0.2) is 46.2 Å². The number of aryl methyl sites for hydroxylation is 1. The van der Waals surface area contributed by atoms with Crippen LogP contribution < -0.4 is 9.46 Å². The molecular formula is C19H23ClN2O5S2. The zero-order chi connectivity index (χ0) is 21.2. The lowest BCUT2D eigenvalue weighted by molar-refractivity contribution is 0.343. The molecule has 1 aliphatic heterocycles. The first-order chi connectivity index (χ1) is 13.6. The molecule has 158 valence electrons. The third-order valence-corrected chi connectivity index (χ3v) is 8.51. The summed E-state index contributed by atoms with van der Waals surface area (Å²) in [5.41, 5.74) is 0.878. The van der Waals surface area contributed by atoms with Crippen LogP contribution in [0.25, 0.3) is 0 Å². The minimum absolute atomic E-state index is 0.00986. The van der Waals surface area contributed by atoms with Gasteiger partial charge in [-0.25, -0.2) is 16.8 Å². The van der Waals surface area contributed by atoms with Crippen molar-refractivity contribution in [3.63, 3.8) is 0 Å². The second kappa shape index (κ2) is 8.51. The molecule has 7 nitrogen and oxygen atoms in total. The Morgan fingerprint density at radius 1 is 1.00 bits per heavy atom. The Hall–Kier alpha value is -1.81. The fourth-order valence-electron chi connectivity index (χ4n) is 3.14. The lowest BCUT2D eigenvalue weighted by Gasteiger charge is -2.26. The Kier molecular flexibility index (Phi) is 6.42. The van der Waals surface area contributed by atoms with Crippen LogP contribution in [0.5, 0.6) is 5.75 Å². The molecule has 1 heterocycles. The van der Waals surface area contributed by atoms with Gasteiger partial charge in [-0.2, -0.15) is 4.31 Å². The molecule has 1 fully saturated rings. The summed E-state index contributed by atoms with van der Waals surface area (Å²) in [7, 11) is -6.37. The number of sulfonamides is 2. The topological polar surface area (TPSA) is 92.8 Å². The lowest BCUT2D eigenvalue weighted by Crippen LogP contribution is -2.35. The fourth-order valence-corrected chi connectivity index (χ4v) is 6.16. The predicted octanol–water partition coefficient (Wildman–Crippen LogP) is 3.63. The minimum Gasteiger partial charge on any atom is -0.495 e. The molecule has 2 aromatic carbocycles. The maximum absolute atomic E-state index is 13.1. The van der Waals surface area contributed by atoms with Crippen LogP contribution in [0, 0.1) is 6.92 Å². The summed E-state index contributed by atoms with van der Waals surface area (Å²) in [6, 6.07) is 8.60. The molecule has 1 aliphatic rings. The number of nitrogens with zero attached hydrogens (tertiary/aromatic N) is 1. The highest BCUT2D eigenvalue weighted by molar-refractivity contribution is 7.92. The van der Waals surface area contributed by atoms with Crippen LogP contribution in [0.3, 0.4) is 0 Å². The standard InChI is InChI=1S/C19H23ClN2O5S2/c1-14-6-8-16(13-17(14)20)28(23,24)21-15-7-9-18(27-2)19(12-15)29(25,26)22-10-4-3-5-11-22/h6-9,12-13,21H,3-5,10-11H2,1-2H3. The summed E-state index contributed by atoms with van der Waals surface area (Å²) in [5.74, 6) is 0.164. The largest absolute Gasteiger partial charge is 0.495 e. The molecule has 0 aliphatic carbocycles. The first-order valence-electron chi connectivity index (χ1n) is 9.12. The van der Waals surface area contributed by atoms with E-state index in [4.69, 9.17) is 16.3 Å². The molecular weight excluding hydrogens is 436 g/mol. The minimum atomic E-state index is -3.94. The summed E-state index contributed by atoms with van der Waals surface area (Å²) in [6.07, 6.45) is 2.58. The van der Waals surface area contributed by atoms with E-state index in [1.807, 2.05) is 0 Å². The van der Waals surface area contributed by atoms with Crippen LogP contribution in [0.4, 0.5) is 5.69 Å². The number of anilines is 1. The second-order valence-electron chi connectivity index (χ2n) is 6.85. The molecule has 0 aromatic heterocycles. The van der Waals surface area contributed by atoms with E-state index in [2.05, 4.69) is 4.72 Å². The van der Waals surface area contributed by atoms with E-state index in [1.54, 1.807) is 13.0 Å². The monoisotopic (exact) mass is 458 g/mol. The number of benzene rings is 2. The van der Waals surface area contributed by atoms with Crippen molar-refractivity contribution in [1.29, 1.82) is 0 Å². The van der Waals surface area contributed by atoms with E-state index in [1.165, 1.54) is 41.7 Å². The zero-order valence-electron chi connectivity index (χ0n) is 16.2. The molecule has 2 aromatic rings. The lowest BCUT2D eigenvalue weighted by atomic mass is 10.2. The molecule has 0 unspecified atom stereocenters. The van der Waals surface area contributed by atoms with Crippen molar-refractivity contribution in [1.82, 2.24) is 4.31 Å². The van der Waals surface area contributed by atoms with Gasteiger partial charge in [-0.05, 0) is 55.7 Å². The van der Waals surface area contributed by atoms with Gasteiger partial charge in [0.2, 0.25) is 10.0 Å². The van der Waals surface area contributed by atoms with Crippen molar-refractivity contribution in [2.24, 2.45) is 0 Å². The molecule has 3 rings (SSSR count). The summed E-state index contributed by atoms with van der Waals surface area (Å²) >= 11 is 6.04. The highest BCUT2D eigenvalue weighted by Crippen LogP contribution is 2.32. The number of hydrogen-bond donors (Lipinski definition) is 1. The van der Waals surface area contributed by atoms with Gasteiger partial charge in [0, 0.05) is 18.1 Å². The molecule has 29 heavy (non-hydrogen) atoms. The third kappa shape index (κ3) is 4.69. The number of ether oxygens (including phenoxy) is 1. The quantitative estimate of drug-likeness (QED) is 0.713. The van der Waals surface area contributed by atoms with Gasteiger partial charge in [0.05, 0.1) is 17.7 Å². The third-order valence-electron chi connectivity index (χ3n) is 4.80. The Labute approximate surface area is 176 Å². The van der Waals surface area contributed by atoms with Crippen molar-refractivity contribution in [3.8, 4) is 5.75 Å². The summed E-state index contributed by atoms with van der Waals surface area (Å²) < 4.78 is 60.7.